The fourth-order valence-corrected chi connectivity index (χ4v) is 4.28. The molecule has 4 aromatic carbocycles. The van der Waals surface area contributed by atoms with Gasteiger partial charge >= 0.3 is 0 Å². The Morgan fingerprint density at radius 3 is 1.41 bits per heavy atom. The highest BCUT2D eigenvalue weighted by Crippen LogP contribution is 2.45. The fraction of sp³-hybridized carbons (Fsp3) is 0.143. The Bertz CT molecular complexity index is 934. The molecular weight excluding hydrogens is 350 g/mol. The Morgan fingerprint density at radius 2 is 1.03 bits per heavy atom. The molecule has 0 spiro atoms. The van der Waals surface area contributed by atoms with E-state index in [1.54, 1.807) is 0 Å². The smallest absolute Gasteiger partial charge is 0.0701 e. The minimum atomic E-state index is -0.424. The van der Waals surface area contributed by atoms with E-state index in [9.17, 15) is 0 Å². The first-order chi connectivity index (χ1) is 14.3. The molecule has 0 amide bonds. The minimum absolute atomic E-state index is 0.424. The number of aryl methyl sites for hydroxylation is 1. The summed E-state index contributed by atoms with van der Waals surface area (Å²) in [6, 6.07) is 40.3. The summed E-state index contributed by atoms with van der Waals surface area (Å²) in [6.45, 7) is 2.65. The summed E-state index contributed by atoms with van der Waals surface area (Å²) in [6.07, 6.45) is 0.926. The van der Waals surface area contributed by atoms with Gasteiger partial charge < -0.3 is 5.73 Å². The first-order valence-corrected chi connectivity index (χ1v) is 10.2. The van der Waals surface area contributed by atoms with Crippen molar-refractivity contribution >= 4 is 0 Å². The third kappa shape index (κ3) is 3.50. The predicted molar refractivity (Wildman–Crippen MR) is 121 cm³/mol. The average Bonchev–Trinajstić information content (AvgIpc) is 2.81. The molecule has 0 aliphatic rings. The van der Waals surface area contributed by atoms with Crippen molar-refractivity contribution in [2.24, 2.45) is 5.73 Å². The van der Waals surface area contributed by atoms with Gasteiger partial charge in [0.05, 0.1) is 5.41 Å². The van der Waals surface area contributed by atoms with Crippen molar-refractivity contribution in [3.8, 4) is 0 Å². The second-order valence-corrected chi connectivity index (χ2v) is 7.33. The van der Waals surface area contributed by atoms with E-state index in [-0.39, 0.29) is 0 Å². The summed E-state index contributed by atoms with van der Waals surface area (Å²) >= 11 is 0. The van der Waals surface area contributed by atoms with Crippen LogP contribution in [0.4, 0.5) is 0 Å². The summed E-state index contributed by atoms with van der Waals surface area (Å²) in [5, 5.41) is 0. The molecule has 0 aromatic heterocycles. The Hall–Kier alpha value is -3.16. The third-order valence-corrected chi connectivity index (χ3v) is 5.63. The summed E-state index contributed by atoms with van der Waals surface area (Å²) in [4.78, 5) is 0. The molecule has 0 atom stereocenters. The molecule has 0 saturated heterocycles. The SMILES string of the molecule is CCc1[c]c(CN)cc(C(c2ccccc2)(c2ccccc2)c2ccccc2)c1. The van der Waals surface area contributed by atoms with Crippen molar-refractivity contribution < 1.29 is 0 Å². The van der Waals surface area contributed by atoms with Gasteiger partial charge in [-0.3, -0.25) is 0 Å². The van der Waals surface area contributed by atoms with Crippen LogP contribution in [0.1, 0.15) is 40.3 Å². The number of hydrogen-bond acceptors (Lipinski definition) is 1. The minimum Gasteiger partial charge on any atom is -0.326 e. The van der Waals surface area contributed by atoms with Gasteiger partial charge in [0, 0.05) is 6.54 Å². The molecule has 0 heterocycles. The number of rotatable bonds is 6. The molecule has 4 aromatic rings. The van der Waals surface area contributed by atoms with Crippen molar-refractivity contribution in [1.29, 1.82) is 0 Å². The van der Waals surface area contributed by atoms with E-state index < -0.39 is 5.41 Å². The molecule has 143 valence electrons. The molecule has 1 heteroatoms. The lowest BCUT2D eigenvalue weighted by molar-refractivity contribution is 0.740. The van der Waals surface area contributed by atoms with Crippen LogP contribution in [0.2, 0.25) is 0 Å². The van der Waals surface area contributed by atoms with Crippen LogP contribution >= 0.6 is 0 Å². The van der Waals surface area contributed by atoms with Crippen molar-refractivity contribution in [1.82, 2.24) is 0 Å². The highest BCUT2D eigenvalue weighted by molar-refractivity contribution is 5.60. The van der Waals surface area contributed by atoms with Crippen LogP contribution in [-0.4, -0.2) is 0 Å². The molecular formula is C28H26N. The van der Waals surface area contributed by atoms with Crippen molar-refractivity contribution in [2.75, 3.05) is 0 Å². The van der Waals surface area contributed by atoms with Crippen LogP contribution in [0.3, 0.4) is 0 Å². The van der Waals surface area contributed by atoms with Crippen molar-refractivity contribution in [3.63, 3.8) is 0 Å². The summed E-state index contributed by atoms with van der Waals surface area (Å²) in [5.41, 5.74) is 12.8. The largest absolute Gasteiger partial charge is 0.326 e. The van der Waals surface area contributed by atoms with Crippen molar-refractivity contribution in [3.05, 3.63) is 143 Å². The van der Waals surface area contributed by atoms with Gasteiger partial charge in [-0.15, -0.1) is 0 Å². The molecule has 29 heavy (non-hydrogen) atoms. The number of benzene rings is 4. The van der Waals surface area contributed by atoms with Gasteiger partial charge in [-0.25, -0.2) is 0 Å². The molecule has 0 bridgehead atoms. The Labute approximate surface area is 173 Å². The molecule has 0 fully saturated rings. The number of hydrogen-bond donors (Lipinski definition) is 1. The van der Waals surface area contributed by atoms with Crippen LogP contribution in [-0.2, 0) is 18.4 Å². The maximum absolute atomic E-state index is 6.07. The standard InChI is InChI=1S/C28H26N/c1-2-22-18-23(21-29)20-27(19-22)28(24-12-6-3-7-13-24,25-14-8-4-9-15-25)26-16-10-5-11-17-26/h3-17,19-20H,2,21,29H2,1H3. The molecule has 0 aliphatic carbocycles. The van der Waals surface area contributed by atoms with E-state index in [1.165, 1.54) is 27.8 Å². The van der Waals surface area contributed by atoms with Gasteiger partial charge in [0.1, 0.15) is 0 Å². The highest BCUT2D eigenvalue weighted by atomic mass is 14.5. The predicted octanol–water partition coefficient (Wildman–Crippen LogP) is 5.89. The van der Waals surface area contributed by atoms with Crippen LogP contribution in [0, 0.1) is 6.07 Å². The number of nitrogens with two attached hydrogens (primary N) is 1. The highest BCUT2D eigenvalue weighted by Gasteiger charge is 2.38. The molecule has 1 radical (unpaired) electrons. The molecule has 2 N–H and O–H groups in total. The molecule has 0 saturated carbocycles. The lowest BCUT2D eigenvalue weighted by atomic mass is 9.64. The third-order valence-electron chi connectivity index (χ3n) is 5.63. The van der Waals surface area contributed by atoms with Crippen LogP contribution < -0.4 is 5.73 Å². The first-order valence-electron chi connectivity index (χ1n) is 10.2. The molecule has 0 aliphatic heterocycles. The van der Waals surface area contributed by atoms with Gasteiger partial charge in [-0.05, 0) is 45.9 Å². The Morgan fingerprint density at radius 1 is 0.621 bits per heavy atom. The average molecular weight is 377 g/mol. The fourth-order valence-electron chi connectivity index (χ4n) is 4.28. The topological polar surface area (TPSA) is 26.0 Å². The van der Waals surface area contributed by atoms with Crippen molar-refractivity contribution in [2.45, 2.75) is 25.3 Å². The van der Waals surface area contributed by atoms with E-state index in [2.05, 4.69) is 116 Å². The van der Waals surface area contributed by atoms with Crippen LogP contribution in [0.5, 0.6) is 0 Å². The summed E-state index contributed by atoms with van der Waals surface area (Å²) in [7, 11) is 0. The van der Waals surface area contributed by atoms with E-state index in [0.717, 1.165) is 12.0 Å². The van der Waals surface area contributed by atoms with Gasteiger partial charge in [0.15, 0.2) is 0 Å². The lowest BCUT2D eigenvalue weighted by Crippen LogP contribution is -2.31. The maximum atomic E-state index is 6.07. The second kappa shape index (κ2) is 8.46. The van der Waals surface area contributed by atoms with E-state index in [1.807, 2.05) is 0 Å². The maximum Gasteiger partial charge on any atom is 0.0701 e. The van der Waals surface area contributed by atoms with Crippen LogP contribution in [0.15, 0.2) is 103 Å². The Kier molecular flexibility index (Phi) is 5.59. The molecule has 4 rings (SSSR count). The monoisotopic (exact) mass is 376 g/mol. The van der Waals surface area contributed by atoms with Crippen LogP contribution in [0.25, 0.3) is 0 Å². The van der Waals surface area contributed by atoms with Gasteiger partial charge in [0.25, 0.3) is 0 Å². The van der Waals surface area contributed by atoms with Gasteiger partial charge in [-0.2, -0.15) is 0 Å². The normalized spacial score (nSPS) is 11.4. The van der Waals surface area contributed by atoms with Gasteiger partial charge in [-0.1, -0.05) is 110 Å². The zero-order valence-corrected chi connectivity index (χ0v) is 16.8. The summed E-state index contributed by atoms with van der Waals surface area (Å²) in [5.74, 6) is 0. The quantitative estimate of drug-likeness (QED) is 0.417. The van der Waals surface area contributed by atoms with E-state index in [4.69, 9.17) is 5.73 Å². The van der Waals surface area contributed by atoms with E-state index >= 15 is 0 Å². The molecule has 1 nitrogen and oxygen atoms in total. The van der Waals surface area contributed by atoms with Gasteiger partial charge in [0.2, 0.25) is 0 Å². The second-order valence-electron chi connectivity index (χ2n) is 7.33. The zero-order valence-electron chi connectivity index (χ0n) is 16.8. The summed E-state index contributed by atoms with van der Waals surface area (Å²) < 4.78 is 0. The first kappa shape index (κ1) is 19.2. The van der Waals surface area contributed by atoms with E-state index in [0.29, 0.717) is 6.54 Å². The molecule has 0 unspecified atom stereocenters. The lowest BCUT2D eigenvalue weighted by Gasteiger charge is -2.37. The zero-order chi connectivity index (χ0) is 20.1. The Balaban J connectivity index is 2.15.